The minimum Gasteiger partial charge on any atom is -0.366 e. The Morgan fingerprint density at radius 3 is 2.82 bits per heavy atom. The van der Waals surface area contributed by atoms with Gasteiger partial charge in [0.05, 0.1) is 6.20 Å². The van der Waals surface area contributed by atoms with Gasteiger partial charge in [-0.1, -0.05) is 19.3 Å². The molecule has 0 spiro atoms. The Hall–Kier alpha value is -3.03. The molecule has 2 aromatic heterocycles. The normalized spacial score (nSPS) is 14.9. The second kappa shape index (κ2) is 7.92. The zero-order chi connectivity index (χ0) is 19.5. The number of rotatable bonds is 5. The summed E-state index contributed by atoms with van der Waals surface area (Å²) < 4.78 is 28.6. The summed E-state index contributed by atoms with van der Waals surface area (Å²) in [4.78, 5) is 17.1. The number of fused-ring (bicyclic) bond motifs is 1. The van der Waals surface area contributed by atoms with E-state index in [-0.39, 0.29) is 24.1 Å². The summed E-state index contributed by atoms with van der Waals surface area (Å²) in [5.74, 6) is -0.739. The lowest BCUT2D eigenvalue weighted by molar-refractivity contribution is 0.0929. The lowest BCUT2D eigenvalue weighted by atomic mass is 9.95. The highest BCUT2D eigenvalue weighted by Crippen LogP contribution is 2.19. The van der Waals surface area contributed by atoms with Crippen LogP contribution in [0.4, 0.5) is 14.6 Å². The fourth-order valence-electron chi connectivity index (χ4n) is 3.50. The van der Waals surface area contributed by atoms with Gasteiger partial charge in [-0.2, -0.15) is 5.10 Å². The van der Waals surface area contributed by atoms with E-state index >= 15 is 0 Å². The SMILES string of the molecule is O=C(NC1CCCCC1)c1cnn2ccc(NCc3cc(F)ccc3F)nc12. The second-order valence-electron chi connectivity index (χ2n) is 7.04. The molecule has 1 fully saturated rings. The number of nitrogens with one attached hydrogen (secondary N) is 2. The van der Waals surface area contributed by atoms with Gasteiger partial charge in [0.2, 0.25) is 0 Å². The minimum absolute atomic E-state index is 0.0739. The topological polar surface area (TPSA) is 71.3 Å². The quantitative estimate of drug-likeness (QED) is 0.703. The van der Waals surface area contributed by atoms with E-state index in [1.165, 1.54) is 17.1 Å². The van der Waals surface area contributed by atoms with Crippen molar-refractivity contribution in [3.05, 3.63) is 59.4 Å². The molecule has 4 rings (SSSR count). The number of aromatic nitrogens is 3. The Balaban J connectivity index is 1.50. The molecule has 0 saturated heterocycles. The summed E-state index contributed by atoms with van der Waals surface area (Å²) in [6.07, 6.45) is 8.62. The Kier molecular flexibility index (Phi) is 5.18. The van der Waals surface area contributed by atoms with Crippen molar-refractivity contribution in [2.24, 2.45) is 0 Å². The minimum atomic E-state index is -0.501. The zero-order valence-electron chi connectivity index (χ0n) is 15.3. The van der Waals surface area contributed by atoms with E-state index in [1.807, 2.05) is 0 Å². The predicted molar refractivity (Wildman–Crippen MR) is 101 cm³/mol. The highest BCUT2D eigenvalue weighted by atomic mass is 19.1. The van der Waals surface area contributed by atoms with Crippen molar-refractivity contribution in [3.63, 3.8) is 0 Å². The molecule has 0 aliphatic heterocycles. The fraction of sp³-hybridized carbons (Fsp3) is 0.350. The van der Waals surface area contributed by atoms with Crippen molar-refractivity contribution >= 4 is 17.4 Å². The molecule has 3 aromatic rings. The van der Waals surface area contributed by atoms with Crippen LogP contribution in [0.25, 0.3) is 5.65 Å². The number of anilines is 1. The molecule has 0 atom stereocenters. The van der Waals surface area contributed by atoms with Gasteiger partial charge in [0, 0.05) is 24.3 Å². The summed E-state index contributed by atoms with van der Waals surface area (Å²) in [6.45, 7) is 0.0739. The van der Waals surface area contributed by atoms with Crippen LogP contribution in [-0.2, 0) is 6.54 Å². The average Bonchev–Trinajstić information content (AvgIpc) is 3.13. The molecule has 6 nitrogen and oxygen atoms in total. The molecular weight excluding hydrogens is 364 g/mol. The summed E-state index contributed by atoms with van der Waals surface area (Å²) in [6, 6.07) is 5.16. The maximum atomic E-state index is 13.8. The van der Waals surface area contributed by atoms with Crippen molar-refractivity contribution in [1.29, 1.82) is 0 Å². The number of amides is 1. The zero-order valence-corrected chi connectivity index (χ0v) is 15.3. The molecule has 8 heteroatoms. The smallest absolute Gasteiger partial charge is 0.256 e. The first kappa shape index (κ1) is 18.3. The van der Waals surface area contributed by atoms with Crippen molar-refractivity contribution in [2.75, 3.05) is 5.32 Å². The summed E-state index contributed by atoms with van der Waals surface area (Å²) in [5.41, 5.74) is 1.01. The van der Waals surface area contributed by atoms with Crippen LogP contribution >= 0.6 is 0 Å². The van der Waals surface area contributed by atoms with Crippen LogP contribution in [0.2, 0.25) is 0 Å². The van der Waals surface area contributed by atoms with E-state index in [9.17, 15) is 13.6 Å². The fourth-order valence-corrected chi connectivity index (χ4v) is 3.50. The Morgan fingerprint density at radius 1 is 1.18 bits per heavy atom. The summed E-state index contributed by atoms with van der Waals surface area (Å²) in [5, 5.41) is 10.2. The third-order valence-electron chi connectivity index (χ3n) is 5.02. The predicted octanol–water partition coefficient (Wildman–Crippen LogP) is 3.68. The molecule has 1 aromatic carbocycles. The van der Waals surface area contributed by atoms with Gasteiger partial charge in [-0.05, 0) is 37.1 Å². The number of nitrogens with zero attached hydrogens (tertiary/aromatic N) is 3. The lowest BCUT2D eigenvalue weighted by Crippen LogP contribution is -2.36. The van der Waals surface area contributed by atoms with Crippen molar-refractivity contribution < 1.29 is 13.6 Å². The first-order valence-electron chi connectivity index (χ1n) is 9.43. The Bertz CT molecular complexity index is 997. The van der Waals surface area contributed by atoms with Crippen LogP contribution < -0.4 is 10.6 Å². The maximum Gasteiger partial charge on any atom is 0.256 e. The van der Waals surface area contributed by atoms with Crippen LogP contribution in [0.3, 0.4) is 0 Å². The molecule has 0 unspecified atom stereocenters. The number of carbonyl (C=O) groups excluding carboxylic acids is 1. The van der Waals surface area contributed by atoms with Gasteiger partial charge < -0.3 is 10.6 Å². The number of halogens is 2. The van der Waals surface area contributed by atoms with E-state index in [1.54, 1.807) is 12.3 Å². The van der Waals surface area contributed by atoms with Crippen LogP contribution in [0.1, 0.15) is 48.0 Å². The Labute approximate surface area is 161 Å². The highest BCUT2D eigenvalue weighted by molar-refractivity contribution is 5.99. The van der Waals surface area contributed by atoms with Gasteiger partial charge in [-0.15, -0.1) is 0 Å². The van der Waals surface area contributed by atoms with E-state index in [0.29, 0.717) is 17.0 Å². The van der Waals surface area contributed by atoms with Crippen LogP contribution in [0.5, 0.6) is 0 Å². The average molecular weight is 385 g/mol. The standard InChI is InChI=1S/C20H21F2N5O/c21-14-6-7-17(22)13(10-14)11-23-18-8-9-27-19(26-18)16(12-24-27)20(28)25-15-4-2-1-3-5-15/h6-10,12,15H,1-5,11H2,(H,23,26)(H,25,28). The van der Waals surface area contributed by atoms with Crippen LogP contribution in [0, 0.1) is 11.6 Å². The lowest BCUT2D eigenvalue weighted by Gasteiger charge is -2.22. The van der Waals surface area contributed by atoms with Gasteiger partial charge in [-0.25, -0.2) is 18.3 Å². The molecule has 28 heavy (non-hydrogen) atoms. The summed E-state index contributed by atoms with van der Waals surface area (Å²) in [7, 11) is 0. The van der Waals surface area contributed by atoms with Crippen molar-refractivity contribution in [3.8, 4) is 0 Å². The largest absolute Gasteiger partial charge is 0.366 e. The molecular formula is C20H21F2N5O. The van der Waals surface area contributed by atoms with Crippen LogP contribution in [0.15, 0.2) is 36.7 Å². The molecule has 2 N–H and O–H groups in total. The van der Waals surface area contributed by atoms with Gasteiger partial charge in [0.15, 0.2) is 5.65 Å². The van der Waals surface area contributed by atoms with Crippen molar-refractivity contribution in [1.82, 2.24) is 19.9 Å². The van der Waals surface area contributed by atoms with E-state index in [0.717, 1.165) is 43.9 Å². The molecule has 146 valence electrons. The first-order valence-corrected chi connectivity index (χ1v) is 9.43. The van der Waals surface area contributed by atoms with Gasteiger partial charge in [-0.3, -0.25) is 4.79 Å². The first-order chi connectivity index (χ1) is 13.6. The number of benzene rings is 1. The molecule has 1 aliphatic carbocycles. The monoisotopic (exact) mass is 385 g/mol. The van der Waals surface area contributed by atoms with E-state index < -0.39 is 11.6 Å². The summed E-state index contributed by atoms with van der Waals surface area (Å²) >= 11 is 0. The van der Waals surface area contributed by atoms with Crippen LogP contribution in [-0.4, -0.2) is 26.5 Å². The van der Waals surface area contributed by atoms with Gasteiger partial charge in [0.1, 0.15) is 23.0 Å². The third kappa shape index (κ3) is 3.95. The number of hydrogen-bond donors (Lipinski definition) is 2. The second-order valence-corrected chi connectivity index (χ2v) is 7.04. The third-order valence-corrected chi connectivity index (χ3v) is 5.02. The van der Waals surface area contributed by atoms with Gasteiger partial charge in [0.25, 0.3) is 5.91 Å². The molecule has 1 amide bonds. The number of hydrogen-bond acceptors (Lipinski definition) is 4. The highest BCUT2D eigenvalue weighted by Gasteiger charge is 2.20. The van der Waals surface area contributed by atoms with Crippen molar-refractivity contribution in [2.45, 2.75) is 44.7 Å². The van der Waals surface area contributed by atoms with Gasteiger partial charge >= 0.3 is 0 Å². The molecule has 2 heterocycles. The van der Waals surface area contributed by atoms with E-state index in [4.69, 9.17) is 0 Å². The molecule has 0 bridgehead atoms. The molecule has 0 radical (unpaired) electrons. The Morgan fingerprint density at radius 2 is 2.00 bits per heavy atom. The molecule has 1 saturated carbocycles. The molecule has 1 aliphatic rings. The maximum absolute atomic E-state index is 13.8. The van der Waals surface area contributed by atoms with E-state index in [2.05, 4.69) is 20.7 Å². The number of carbonyl (C=O) groups is 1.